The van der Waals surface area contributed by atoms with Crippen molar-refractivity contribution in [3.05, 3.63) is 46.8 Å². The summed E-state index contributed by atoms with van der Waals surface area (Å²) in [7, 11) is 0. The summed E-state index contributed by atoms with van der Waals surface area (Å²) < 4.78 is 16.0. The number of carbonyl (C=O) groups is 2. The van der Waals surface area contributed by atoms with Gasteiger partial charge in [-0.3, -0.25) is 4.79 Å². The fourth-order valence-electron chi connectivity index (χ4n) is 2.25. The minimum Gasteiger partial charge on any atom is -0.489 e. The third kappa shape index (κ3) is 5.08. The van der Waals surface area contributed by atoms with Gasteiger partial charge in [0.2, 0.25) is 0 Å². The van der Waals surface area contributed by atoms with Crippen LogP contribution in [0.4, 0.5) is 0 Å². The maximum Gasteiger partial charge on any atom is 0.339 e. The van der Waals surface area contributed by atoms with Crippen LogP contribution in [0.1, 0.15) is 47.6 Å². The SMILES string of the molecule is CCCNC(=O)C(C)OC(=O)c1cccc(OCc2c(C)noc2C)c1. The van der Waals surface area contributed by atoms with E-state index in [1.165, 1.54) is 0 Å². The van der Waals surface area contributed by atoms with Gasteiger partial charge in [-0.05, 0) is 45.4 Å². The van der Waals surface area contributed by atoms with Gasteiger partial charge < -0.3 is 19.3 Å². The third-order valence-electron chi connectivity index (χ3n) is 3.84. The van der Waals surface area contributed by atoms with E-state index in [-0.39, 0.29) is 12.5 Å². The summed E-state index contributed by atoms with van der Waals surface area (Å²) in [6.45, 7) is 7.98. The van der Waals surface area contributed by atoms with Crippen molar-refractivity contribution in [3.8, 4) is 5.75 Å². The predicted molar refractivity (Wildman–Crippen MR) is 94.9 cm³/mol. The van der Waals surface area contributed by atoms with Crippen LogP contribution in [0.15, 0.2) is 28.8 Å². The third-order valence-corrected chi connectivity index (χ3v) is 3.84. The number of carbonyl (C=O) groups excluding carboxylic acids is 2. The lowest BCUT2D eigenvalue weighted by molar-refractivity contribution is -0.129. The number of nitrogens with zero attached hydrogens (tertiary/aromatic N) is 1. The molecule has 2 rings (SSSR count). The van der Waals surface area contributed by atoms with E-state index in [1.54, 1.807) is 31.2 Å². The molecule has 0 bridgehead atoms. The molecule has 1 aromatic carbocycles. The monoisotopic (exact) mass is 360 g/mol. The first kappa shape index (κ1) is 19.5. The van der Waals surface area contributed by atoms with Gasteiger partial charge in [-0.1, -0.05) is 18.1 Å². The van der Waals surface area contributed by atoms with E-state index < -0.39 is 12.1 Å². The summed E-state index contributed by atoms with van der Waals surface area (Å²) in [5.41, 5.74) is 1.96. The molecule has 1 amide bonds. The minimum atomic E-state index is -0.860. The molecule has 0 saturated heterocycles. The van der Waals surface area contributed by atoms with Gasteiger partial charge in [-0.15, -0.1) is 0 Å². The van der Waals surface area contributed by atoms with Crippen LogP contribution in [0.3, 0.4) is 0 Å². The molecule has 1 aromatic heterocycles. The number of amides is 1. The van der Waals surface area contributed by atoms with Crippen molar-refractivity contribution in [2.75, 3.05) is 6.54 Å². The quantitative estimate of drug-likeness (QED) is 0.728. The van der Waals surface area contributed by atoms with E-state index in [4.69, 9.17) is 14.0 Å². The molecule has 1 atom stereocenters. The number of aryl methyl sites for hydroxylation is 2. The number of hydrogen-bond donors (Lipinski definition) is 1. The summed E-state index contributed by atoms with van der Waals surface area (Å²) in [4.78, 5) is 24.0. The largest absolute Gasteiger partial charge is 0.489 e. The van der Waals surface area contributed by atoms with Crippen molar-refractivity contribution in [2.24, 2.45) is 0 Å². The molecule has 1 N–H and O–H groups in total. The van der Waals surface area contributed by atoms with Gasteiger partial charge >= 0.3 is 5.97 Å². The second-order valence-electron chi connectivity index (χ2n) is 5.96. The zero-order valence-electron chi connectivity index (χ0n) is 15.5. The number of benzene rings is 1. The molecule has 1 unspecified atom stereocenters. The Balaban J connectivity index is 1.97. The molecule has 26 heavy (non-hydrogen) atoms. The molecule has 7 heteroatoms. The fraction of sp³-hybridized carbons (Fsp3) is 0.421. The summed E-state index contributed by atoms with van der Waals surface area (Å²) >= 11 is 0. The van der Waals surface area contributed by atoms with E-state index in [0.29, 0.717) is 23.6 Å². The zero-order chi connectivity index (χ0) is 19.1. The Morgan fingerprint density at radius 3 is 2.73 bits per heavy atom. The molecular weight excluding hydrogens is 336 g/mol. The summed E-state index contributed by atoms with van der Waals surface area (Å²) in [5.74, 6) is 0.325. The molecule has 2 aromatic rings. The van der Waals surface area contributed by atoms with Crippen LogP contribution < -0.4 is 10.1 Å². The molecule has 140 valence electrons. The first-order valence-corrected chi connectivity index (χ1v) is 8.55. The van der Waals surface area contributed by atoms with Crippen LogP contribution in [0.25, 0.3) is 0 Å². The lowest BCUT2D eigenvalue weighted by Crippen LogP contribution is -2.36. The maximum absolute atomic E-state index is 12.2. The Kier molecular flexibility index (Phi) is 6.77. The molecule has 0 aliphatic heterocycles. The molecule has 0 radical (unpaired) electrons. The molecule has 0 aliphatic rings. The Morgan fingerprint density at radius 2 is 2.08 bits per heavy atom. The Labute approximate surface area is 152 Å². The van der Waals surface area contributed by atoms with Gasteiger partial charge in [0.05, 0.1) is 16.8 Å². The fourth-order valence-corrected chi connectivity index (χ4v) is 2.25. The highest BCUT2D eigenvalue weighted by molar-refractivity contribution is 5.92. The van der Waals surface area contributed by atoms with E-state index in [2.05, 4.69) is 10.5 Å². The van der Waals surface area contributed by atoms with Crippen LogP contribution in [-0.2, 0) is 16.1 Å². The predicted octanol–water partition coefficient (Wildman–Crippen LogP) is 2.94. The summed E-state index contributed by atoms with van der Waals surface area (Å²) in [6.07, 6.45) is -0.0439. The number of ether oxygens (including phenoxy) is 2. The number of aromatic nitrogens is 1. The van der Waals surface area contributed by atoms with Gasteiger partial charge in [0.25, 0.3) is 5.91 Å². The number of esters is 1. The first-order chi connectivity index (χ1) is 12.4. The smallest absolute Gasteiger partial charge is 0.339 e. The van der Waals surface area contributed by atoms with Crippen LogP contribution >= 0.6 is 0 Å². The number of rotatable bonds is 8. The van der Waals surface area contributed by atoms with Crippen LogP contribution in [0.2, 0.25) is 0 Å². The highest BCUT2D eigenvalue weighted by Crippen LogP contribution is 2.19. The molecule has 7 nitrogen and oxygen atoms in total. The first-order valence-electron chi connectivity index (χ1n) is 8.55. The molecule has 0 saturated carbocycles. The highest BCUT2D eigenvalue weighted by Gasteiger charge is 2.19. The average molecular weight is 360 g/mol. The van der Waals surface area contributed by atoms with Crippen molar-refractivity contribution in [2.45, 2.75) is 46.8 Å². The van der Waals surface area contributed by atoms with Crippen LogP contribution in [0, 0.1) is 13.8 Å². The van der Waals surface area contributed by atoms with Crippen molar-refractivity contribution in [3.63, 3.8) is 0 Å². The van der Waals surface area contributed by atoms with Crippen molar-refractivity contribution in [1.82, 2.24) is 10.5 Å². The Morgan fingerprint density at radius 1 is 1.31 bits per heavy atom. The Hall–Kier alpha value is -2.83. The lowest BCUT2D eigenvalue weighted by Gasteiger charge is -2.13. The molecule has 1 heterocycles. The summed E-state index contributed by atoms with van der Waals surface area (Å²) in [6, 6.07) is 6.63. The zero-order valence-corrected chi connectivity index (χ0v) is 15.5. The van der Waals surface area contributed by atoms with Crippen molar-refractivity contribution in [1.29, 1.82) is 0 Å². The standard InChI is InChI=1S/C19H24N2O5/c1-5-9-20-18(22)14(4)25-19(23)15-7-6-8-16(10-15)24-11-17-12(2)21-26-13(17)3/h6-8,10,14H,5,9,11H2,1-4H3,(H,20,22). The molecule has 0 spiro atoms. The second kappa shape index (κ2) is 9.03. The van der Waals surface area contributed by atoms with Crippen LogP contribution in [-0.4, -0.2) is 29.7 Å². The van der Waals surface area contributed by atoms with E-state index in [9.17, 15) is 9.59 Å². The molecular formula is C19H24N2O5. The minimum absolute atomic E-state index is 0.287. The number of nitrogens with one attached hydrogen (secondary N) is 1. The van der Waals surface area contributed by atoms with E-state index in [0.717, 1.165) is 17.7 Å². The Bertz CT molecular complexity index is 750. The van der Waals surface area contributed by atoms with Gasteiger partial charge in [0.1, 0.15) is 18.1 Å². The van der Waals surface area contributed by atoms with Gasteiger partial charge in [0.15, 0.2) is 6.10 Å². The van der Waals surface area contributed by atoms with Crippen LogP contribution in [0.5, 0.6) is 5.75 Å². The molecule has 0 aliphatic carbocycles. The van der Waals surface area contributed by atoms with Gasteiger partial charge in [-0.25, -0.2) is 4.79 Å². The van der Waals surface area contributed by atoms with Gasteiger partial charge in [0, 0.05) is 6.54 Å². The van der Waals surface area contributed by atoms with E-state index in [1.807, 2.05) is 20.8 Å². The maximum atomic E-state index is 12.2. The summed E-state index contributed by atoms with van der Waals surface area (Å²) in [5, 5.41) is 6.57. The number of hydrogen-bond acceptors (Lipinski definition) is 6. The highest BCUT2D eigenvalue weighted by atomic mass is 16.5. The topological polar surface area (TPSA) is 90.7 Å². The normalized spacial score (nSPS) is 11.7. The van der Waals surface area contributed by atoms with E-state index >= 15 is 0 Å². The van der Waals surface area contributed by atoms with Crippen molar-refractivity contribution >= 4 is 11.9 Å². The lowest BCUT2D eigenvalue weighted by atomic mass is 10.2. The molecule has 0 fully saturated rings. The van der Waals surface area contributed by atoms with Gasteiger partial charge in [-0.2, -0.15) is 0 Å². The second-order valence-corrected chi connectivity index (χ2v) is 5.96. The van der Waals surface area contributed by atoms with Crippen molar-refractivity contribution < 1.29 is 23.6 Å². The average Bonchev–Trinajstić information content (AvgIpc) is 2.95.